The van der Waals surface area contributed by atoms with Gasteiger partial charge >= 0.3 is 0 Å². The number of carbonyl (C=O) groups excluding carboxylic acids is 2. The Kier molecular flexibility index (Phi) is 6.89. The van der Waals surface area contributed by atoms with E-state index in [9.17, 15) is 9.59 Å². The van der Waals surface area contributed by atoms with Crippen LogP contribution in [0.4, 0.5) is 0 Å². The van der Waals surface area contributed by atoms with Gasteiger partial charge in [0, 0.05) is 18.2 Å². The first-order chi connectivity index (χ1) is 12.9. The van der Waals surface area contributed by atoms with Crippen LogP contribution in [0.15, 0.2) is 72.8 Å². The fraction of sp³-hybridized carbons (Fsp3) is 0.130. The molecule has 0 saturated carbocycles. The Labute approximate surface area is 160 Å². The zero-order valence-electron chi connectivity index (χ0n) is 15.8. The Bertz CT molecular complexity index is 934. The van der Waals surface area contributed by atoms with Crippen LogP contribution in [0.25, 0.3) is 11.1 Å². The van der Waals surface area contributed by atoms with E-state index in [1.165, 1.54) is 11.1 Å². The van der Waals surface area contributed by atoms with E-state index in [1.54, 1.807) is 25.2 Å². The number of hydrogen-bond donors (Lipinski definition) is 2. The Morgan fingerprint density at radius 2 is 1.33 bits per heavy atom. The Hall–Kier alpha value is -3.40. The van der Waals surface area contributed by atoms with E-state index in [-0.39, 0.29) is 11.8 Å². The maximum atomic E-state index is 11.1. The van der Waals surface area contributed by atoms with Gasteiger partial charge in [-0.3, -0.25) is 9.59 Å². The zero-order valence-corrected chi connectivity index (χ0v) is 15.8. The molecule has 27 heavy (non-hydrogen) atoms. The first kappa shape index (κ1) is 19.9. The first-order valence-electron chi connectivity index (χ1n) is 8.67. The van der Waals surface area contributed by atoms with E-state index >= 15 is 0 Å². The van der Waals surface area contributed by atoms with Gasteiger partial charge in [0.1, 0.15) is 0 Å². The van der Waals surface area contributed by atoms with Crippen molar-refractivity contribution in [2.24, 2.45) is 5.73 Å². The molecular weight excluding hydrogens is 336 g/mol. The second kappa shape index (κ2) is 9.34. The first-order valence-corrected chi connectivity index (χ1v) is 8.67. The molecule has 0 aliphatic heterocycles. The second-order valence-electron chi connectivity index (χ2n) is 6.15. The predicted molar refractivity (Wildman–Crippen MR) is 110 cm³/mol. The van der Waals surface area contributed by atoms with Gasteiger partial charge < -0.3 is 11.1 Å². The summed E-state index contributed by atoms with van der Waals surface area (Å²) < 4.78 is 0. The van der Waals surface area contributed by atoms with E-state index in [2.05, 4.69) is 24.4 Å². The molecule has 138 valence electrons. The number of amides is 2. The molecule has 0 aliphatic rings. The average Bonchev–Trinajstić information content (AvgIpc) is 2.69. The molecule has 0 aromatic heterocycles. The van der Waals surface area contributed by atoms with E-state index in [1.807, 2.05) is 49.4 Å². The van der Waals surface area contributed by atoms with Gasteiger partial charge in [-0.15, -0.1) is 0 Å². The lowest BCUT2D eigenvalue weighted by Gasteiger charge is -2.10. The van der Waals surface area contributed by atoms with Crippen LogP contribution in [0.2, 0.25) is 0 Å². The monoisotopic (exact) mass is 360 g/mol. The van der Waals surface area contributed by atoms with Crippen molar-refractivity contribution in [2.75, 3.05) is 7.05 Å². The third kappa shape index (κ3) is 5.28. The zero-order chi connectivity index (χ0) is 19.8. The molecule has 0 spiro atoms. The topological polar surface area (TPSA) is 72.2 Å². The van der Waals surface area contributed by atoms with E-state index in [4.69, 9.17) is 5.73 Å². The lowest BCUT2D eigenvalue weighted by atomic mass is 9.95. The van der Waals surface area contributed by atoms with Crippen molar-refractivity contribution in [1.82, 2.24) is 5.32 Å². The summed E-state index contributed by atoms with van der Waals surface area (Å²) in [4.78, 5) is 22.0. The van der Waals surface area contributed by atoms with Crippen LogP contribution < -0.4 is 11.1 Å². The van der Waals surface area contributed by atoms with Crippen LogP contribution in [0.5, 0.6) is 0 Å². The summed E-state index contributed by atoms with van der Waals surface area (Å²) in [7, 11) is 1.62. The quantitative estimate of drug-likeness (QED) is 0.737. The molecule has 0 aliphatic carbocycles. The summed E-state index contributed by atoms with van der Waals surface area (Å²) in [6.45, 7) is 4.07. The maximum absolute atomic E-state index is 11.1. The van der Waals surface area contributed by atoms with Gasteiger partial charge in [0.25, 0.3) is 5.91 Å². The normalized spacial score (nSPS) is 9.74. The van der Waals surface area contributed by atoms with Crippen molar-refractivity contribution in [1.29, 1.82) is 0 Å². The molecule has 0 atom stereocenters. The number of nitrogens with two attached hydrogens (primary N) is 1. The summed E-state index contributed by atoms with van der Waals surface area (Å²) in [6, 6.07) is 22.9. The van der Waals surface area contributed by atoms with Crippen LogP contribution in [-0.4, -0.2) is 18.9 Å². The van der Waals surface area contributed by atoms with Gasteiger partial charge in [-0.05, 0) is 60.4 Å². The van der Waals surface area contributed by atoms with Crippen molar-refractivity contribution in [2.45, 2.75) is 13.8 Å². The van der Waals surface area contributed by atoms with Crippen molar-refractivity contribution >= 4 is 11.8 Å². The minimum absolute atomic E-state index is 0.0411. The smallest absolute Gasteiger partial charge is 0.251 e. The number of rotatable bonds is 3. The highest BCUT2D eigenvalue weighted by atomic mass is 16.1. The molecule has 3 rings (SSSR count). The molecule has 0 heterocycles. The van der Waals surface area contributed by atoms with Gasteiger partial charge in [-0.25, -0.2) is 0 Å². The van der Waals surface area contributed by atoms with Gasteiger partial charge in [0.15, 0.2) is 0 Å². The van der Waals surface area contributed by atoms with Gasteiger partial charge in [0.05, 0.1) is 0 Å². The molecule has 0 unspecified atom stereocenters. The molecule has 2 amide bonds. The predicted octanol–water partition coefficient (Wildman–Crippen LogP) is 4.12. The van der Waals surface area contributed by atoms with Crippen molar-refractivity contribution in [3.63, 3.8) is 0 Å². The fourth-order valence-corrected chi connectivity index (χ4v) is 2.73. The minimum atomic E-state index is -0.385. The molecule has 4 heteroatoms. The molecule has 0 saturated heterocycles. The van der Waals surface area contributed by atoms with E-state index in [0.717, 1.165) is 11.1 Å². The summed E-state index contributed by atoms with van der Waals surface area (Å²) in [5.41, 5.74) is 11.1. The maximum Gasteiger partial charge on any atom is 0.251 e. The van der Waals surface area contributed by atoms with Crippen molar-refractivity contribution in [3.8, 4) is 11.1 Å². The van der Waals surface area contributed by atoms with E-state index in [0.29, 0.717) is 11.1 Å². The number of nitrogens with one attached hydrogen (secondary N) is 1. The van der Waals surface area contributed by atoms with Crippen LogP contribution in [-0.2, 0) is 0 Å². The molecule has 3 N–H and O–H groups in total. The highest BCUT2D eigenvalue weighted by Gasteiger charge is 2.07. The molecule has 0 bridgehead atoms. The van der Waals surface area contributed by atoms with Crippen LogP contribution in [0, 0.1) is 13.8 Å². The Balaban J connectivity index is 0.000000223. The third-order valence-corrected chi connectivity index (χ3v) is 4.21. The second-order valence-corrected chi connectivity index (χ2v) is 6.15. The lowest BCUT2D eigenvalue weighted by molar-refractivity contribution is 0.0961. The van der Waals surface area contributed by atoms with Crippen LogP contribution in [0.3, 0.4) is 0 Å². The molecular formula is C23H24N2O2. The van der Waals surface area contributed by atoms with Crippen LogP contribution in [0.1, 0.15) is 31.8 Å². The van der Waals surface area contributed by atoms with Crippen molar-refractivity contribution < 1.29 is 9.59 Å². The standard InChI is InChI=1S/C15H15NO.C8H9NO/c1-10-5-3-4-6-13(10)14-8-7-12(15(16)17)9-11(14)2;1-9-8(10)7-5-3-2-4-6-7/h3-9H,1-2H3,(H2,16,17);2-6H,1H3,(H,9,10). The summed E-state index contributed by atoms with van der Waals surface area (Å²) in [5.74, 6) is -0.426. The summed E-state index contributed by atoms with van der Waals surface area (Å²) in [5, 5.41) is 2.54. The van der Waals surface area contributed by atoms with Crippen LogP contribution >= 0.6 is 0 Å². The third-order valence-electron chi connectivity index (χ3n) is 4.21. The highest BCUT2D eigenvalue weighted by molar-refractivity contribution is 5.94. The van der Waals surface area contributed by atoms with Gasteiger partial charge in [-0.1, -0.05) is 48.5 Å². The van der Waals surface area contributed by atoms with Gasteiger partial charge in [0.2, 0.25) is 5.91 Å². The Morgan fingerprint density at radius 3 is 1.89 bits per heavy atom. The molecule has 4 nitrogen and oxygen atoms in total. The number of benzene rings is 3. The molecule has 3 aromatic carbocycles. The average molecular weight is 360 g/mol. The van der Waals surface area contributed by atoms with Crippen molar-refractivity contribution in [3.05, 3.63) is 95.1 Å². The highest BCUT2D eigenvalue weighted by Crippen LogP contribution is 2.26. The van der Waals surface area contributed by atoms with Gasteiger partial charge in [-0.2, -0.15) is 0 Å². The number of aryl methyl sites for hydroxylation is 2. The number of primary amides is 1. The molecule has 3 aromatic rings. The number of carbonyl (C=O) groups is 2. The summed E-state index contributed by atoms with van der Waals surface area (Å²) >= 11 is 0. The number of hydrogen-bond acceptors (Lipinski definition) is 2. The largest absolute Gasteiger partial charge is 0.366 e. The SMILES string of the molecule is CNC(=O)c1ccccc1.Cc1ccccc1-c1ccc(C(N)=O)cc1C. The summed E-state index contributed by atoms with van der Waals surface area (Å²) in [6.07, 6.45) is 0. The Morgan fingerprint density at radius 1 is 0.741 bits per heavy atom. The minimum Gasteiger partial charge on any atom is -0.366 e. The molecule has 0 fully saturated rings. The fourth-order valence-electron chi connectivity index (χ4n) is 2.73. The molecule has 0 radical (unpaired) electrons. The lowest BCUT2D eigenvalue weighted by Crippen LogP contribution is -2.17. The van der Waals surface area contributed by atoms with E-state index < -0.39 is 0 Å².